The van der Waals surface area contributed by atoms with Crippen molar-refractivity contribution >= 4 is 16.7 Å². The van der Waals surface area contributed by atoms with E-state index in [4.69, 9.17) is 4.74 Å². The van der Waals surface area contributed by atoms with Crippen LogP contribution in [0.2, 0.25) is 0 Å². The third-order valence-corrected chi connectivity index (χ3v) is 4.39. The van der Waals surface area contributed by atoms with Gasteiger partial charge in [0.2, 0.25) is 0 Å². The molecule has 3 aromatic rings. The highest BCUT2D eigenvalue weighted by Gasteiger charge is 2.19. The van der Waals surface area contributed by atoms with Crippen LogP contribution in [-0.2, 0) is 6.54 Å². The molecule has 24 heavy (non-hydrogen) atoms. The number of ketones is 1. The van der Waals surface area contributed by atoms with E-state index in [0.717, 1.165) is 29.4 Å². The second-order valence-electron chi connectivity index (χ2n) is 5.99. The Morgan fingerprint density at radius 3 is 2.54 bits per heavy atom. The molecule has 3 rings (SSSR count). The molecule has 0 saturated carbocycles. The van der Waals surface area contributed by atoms with Crippen LogP contribution < -0.4 is 4.74 Å². The van der Waals surface area contributed by atoms with E-state index in [-0.39, 0.29) is 5.78 Å². The number of aromatic nitrogens is 1. The number of fused-ring (bicyclic) bond motifs is 1. The molecule has 0 unspecified atom stereocenters. The van der Waals surface area contributed by atoms with E-state index in [1.807, 2.05) is 48.7 Å². The average Bonchev–Trinajstić information content (AvgIpc) is 3.00. The number of unbranched alkanes of at least 4 members (excludes halogenated alkanes) is 2. The lowest BCUT2D eigenvalue weighted by Gasteiger charge is -2.06. The summed E-state index contributed by atoms with van der Waals surface area (Å²) in [6, 6.07) is 15.5. The number of aryl methyl sites for hydroxylation is 1. The summed E-state index contributed by atoms with van der Waals surface area (Å²) in [6.07, 6.45) is 5.50. The molecule has 0 bridgehead atoms. The van der Waals surface area contributed by atoms with Crippen LogP contribution in [0.3, 0.4) is 0 Å². The lowest BCUT2D eigenvalue weighted by molar-refractivity contribution is 0.103. The minimum absolute atomic E-state index is 0.0119. The topological polar surface area (TPSA) is 31.2 Å². The number of rotatable bonds is 7. The highest BCUT2D eigenvalue weighted by atomic mass is 16.5. The minimum Gasteiger partial charge on any atom is -0.496 e. The van der Waals surface area contributed by atoms with Crippen LogP contribution in [0, 0.1) is 0 Å². The highest BCUT2D eigenvalue weighted by molar-refractivity contribution is 6.17. The molecule has 0 N–H and O–H groups in total. The second-order valence-corrected chi connectivity index (χ2v) is 5.99. The van der Waals surface area contributed by atoms with Gasteiger partial charge >= 0.3 is 0 Å². The highest BCUT2D eigenvalue weighted by Crippen LogP contribution is 2.27. The summed E-state index contributed by atoms with van der Waals surface area (Å²) in [4.78, 5) is 13.1. The number of hydrogen-bond acceptors (Lipinski definition) is 2. The van der Waals surface area contributed by atoms with E-state index in [0.29, 0.717) is 11.3 Å². The van der Waals surface area contributed by atoms with Crippen molar-refractivity contribution < 1.29 is 9.53 Å². The van der Waals surface area contributed by atoms with Crippen LogP contribution in [0.4, 0.5) is 0 Å². The summed E-state index contributed by atoms with van der Waals surface area (Å²) in [7, 11) is 1.60. The molecule has 0 aliphatic heterocycles. The first kappa shape index (κ1) is 16.3. The van der Waals surface area contributed by atoms with Crippen molar-refractivity contribution in [3.05, 3.63) is 65.9 Å². The third-order valence-electron chi connectivity index (χ3n) is 4.39. The van der Waals surface area contributed by atoms with Gasteiger partial charge in [-0.15, -0.1) is 0 Å². The molecule has 3 nitrogen and oxygen atoms in total. The van der Waals surface area contributed by atoms with Gasteiger partial charge in [0.1, 0.15) is 5.75 Å². The number of para-hydroxylation sites is 2. The molecule has 2 aromatic carbocycles. The normalized spacial score (nSPS) is 10.9. The molecule has 1 aromatic heterocycles. The van der Waals surface area contributed by atoms with Crippen molar-refractivity contribution in [3.63, 3.8) is 0 Å². The van der Waals surface area contributed by atoms with Gasteiger partial charge < -0.3 is 9.30 Å². The number of hydrogen-bond donors (Lipinski definition) is 0. The Balaban J connectivity index is 2.04. The van der Waals surface area contributed by atoms with Gasteiger partial charge in [-0.1, -0.05) is 50.1 Å². The maximum atomic E-state index is 13.1. The lowest BCUT2D eigenvalue weighted by atomic mass is 10.0. The van der Waals surface area contributed by atoms with Crippen molar-refractivity contribution in [2.45, 2.75) is 32.7 Å². The van der Waals surface area contributed by atoms with Gasteiger partial charge in [0.25, 0.3) is 0 Å². The third kappa shape index (κ3) is 3.07. The summed E-state index contributed by atoms with van der Waals surface area (Å²) in [5.74, 6) is 0.628. The number of carbonyl (C=O) groups is 1. The maximum Gasteiger partial charge on any atom is 0.198 e. The van der Waals surface area contributed by atoms with Gasteiger partial charge in [-0.25, -0.2) is 0 Å². The molecule has 124 valence electrons. The quantitative estimate of drug-likeness (QED) is 0.449. The minimum atomic E-state index is 0.0119. The first-order chi connectivity index (χ1) is 11.8. The first-order valence-corrected chi connectivity index (χ1v) is 8.52. The zero-order valence-corrected chi connectivity index (χ0v) is 14.3. The van der Waals surface area contributed by atoms with Crippen LogP contribution in [0.1, 0.15) is 42.1 Å². The molecule has 0 aliphatic carbocycles. The van der Waals surface area contributed by atoms with Crippen molar-refractivity contribution in [3.8, 4) is 5.75 Å². The van der Waals surface area contributed by atoms with E-state index in [1.54, 1.807) is 7.11 Å². The number of ether oxygens (including phenoxy) is 1. The molecule has 1 heterocycles. The zero-order chi connectivity index (χ0) is 16.9. The molecule has 0 radical (unpaired) electrons. The molecule has 0 atom stereocenters. The molecule has 0 amide bonds. The fourth-order valence-electron chi connectivity index (χ4n) is 3.12. The Labute approximate surface area is 142 Å². The van der Waals surface area contributed by atoms with E-state index >= 15 is 0 Å². The van der Waals surface area contributed by atoms with Gasteiger partial charge in [0, 0.05) is 29.2 Å². The molecule has 0 aliphatic rings. The Kier molecular flexibility index (Phi) is 4.99. The Morgan fingerprint density at radius 1 is 1.00 bits per heavy atom. The van der Waals surface area contributed by atoms with Crippen LogP contribution >= 0.6 is 0 Å². The van der Waals surface area contributed by atoms with Crippen LogP contribution in [0.15, 0.2) is 54.7 Å². The maximum absolute atomic E-state index is 13.1. The number of methoxy groups -OCH3 is 1. The van der Waals surface area contributed by atoms with Crippen LogP contribution in [0.5, 0.6) is 5.75 Å². The van der Waals surface area contributed by atoms with Gasteiger partial charge in [0.15, 0.2) is 5.78 Å². The SMILES string of the molecule is CCCCCn1cc(C(=O)c2ccccc2OC)c2ccccc21. The summed E-state index contributed by atoms with van der Waals surface area (Å²) in [5, 5.41) is 1.00. The van der Waals surface area contributed by atoms with Crippen molar-refractivity contribution in [2.75, 3.05) is 7.11 Å². The van der Waals surface area contributed by atoms with E-state index in [2.05, 4.69) is 17.6 Å². The largest absolute Gasteiger partial charge is 0.496 e. The fraction of sp³-hybridized carbons (Fsp3) is 0.286. The smallest absolute Gasteiger partial charge is 0.198 e. The first-order valence-electron chi connectivity index (χ1n) is 8.52. The van der Waals surface area contributed by atoms with Gasteiger partial charge in [-0.3, -0.25) is 4.79 Å². The second kappa shape index (κ2) is 7.35. The van der Waals surface area contributed by atoms with Gasteiger partial charge in [-0.2, -0.15) is 0 Å². The number of nitrogens with zero attached hydrogens (tertiary/aromatic N) is 1. The number of carbonyl (C=O) groups excluding carboxylic acids is 1. The molecular weight excluding hydrogens is 298 g/mol. The lowest BCUT2D eigenvalue weighted by Crippen LogP contribution is -2.03. The standard InChI is InChI=1S/C21H23NO2/c1-3-4-9-14-22-15-18(16-10-5-7-12-19(16)22)21(23)17-11-6-8-13-20(17)24-2/h5-8,10-13,15H,3-4,9,14H2,1-2H3. The predicted molar refractivity (Wildman–Crippen MR) is 97.9 cm³/mol. The van der Waals surface area contributed by atoms with Crippen LogP contribution in [0.25, 0.3) is 10.9 Å². The number of benzene rings is 2. The molecule has 0 spiro atoms. The van der Waals surface area contributed by atoms with E-state index < -0.39 is 0 Å². The summed E-state index contributed by atoms with van der Waals surface area (Å²) < 4.78 is 7.56. The molecule has 3 heteroatoms. The summed E-state index contributed by atoms with van der Waals surface area (Å²) in [6.45, 7) is 3.14. The van der Waals surface area contributed by atoms with Gasteiger partial charge in [0.05, 0.1) is 12.7 Å². The monoisotopic (exact) mass is 321 g/mol. The molecule has 0 fully saturated rings. The Hall–Kier alpha value is -2.55. The zero-order valence-electron chi connectivity index (χ0n) is 14.3. The Morgan fingerprint density at radius 2 is 1.75 bits per heavy atom. The van der Waals surface area contributed by atoms with Crippen molar-refractivity contribution in [1.82, 2.24) is 4.57 Å². The van der Waals surface area contributed by atoms with Crippen LogP contribution in [-0.4, -0.2) is 17.5 Å². The predicted octanol–water partition coefficient (Wildman–Crippen LogP) is 5.07. The fourth-order valence-corrected chi connectivity index (χ4v) is 3.12. The van der Waals surface area contributed by atoms with E-state index in [1.165, 1.54) is 12.8 Å². The molecular formula is C21H23NO2. The van der Waals surface area contributed by atoms with E-state index in [9.17, 15) is 4.79 Å². The summed E-state index contributed by atoms with van der Waals surface area (Å²) >= 11 is 0. The van der Waals surface area contributed by atoms with Gasteiger partial charge in [-0.05, 0) is 24.6 Å². The van der Waals surface area contributed by atoms with Crippen molar-refractivity contribution in [1.29, 1.82) is 0 Å². The average molecular weight is 321 g/mol. The summed E-state index contributed by atoms with van der Waals surface area (Å²) in [5.41, 5.74) is 2.47. The Bertz CT molecular complexity index is 848. The molecule has 0 saturated heterocycles. The van der Waals surface area contributed by atoms with Crippen molar-refractivity contribution in [2.24, 2.45) is 0 Å².